The van der Waals surface area contributed by atoms with Crippen molar-refractivity contribution in [2.75, 3.05) is 13.1 Å². The van der Waals surface area contributed by atoms with E-state index in [0.717, 1.165) is 0 Å². The van der Waals surface area contributed by atoms with E-state index in [1.165, 1.54) is 0 Å². The lowest BCUT2D eigenvalue weighted by atomic mass is 10.1. The van der Waals surface area contributed by atoms with Crippen LogP contribution >= 0.6 is 0 Å². The van der Waals surface area contributed by atoms with Crippen LogP contribution in [0.5, 0.6) is 0 Å². The van der Waals surface area contributed by atoms with Crippen molar-refractivity contribution in [1.29, 1.82) is 0 Å². The number of piperazine rings is 1. The topological polar surface area (TPSA) is 87.5 Å². The SMILES string of the molecule is CCC1C(=O)NCCN1C(C)C(=O)NN. The van der Waals surface area contributed by atoms with E-state index in [0.29, 0.717) is 19.5 Å². The quantitative estimate of drug-likeness (QED) is 0.305. The van der Waals surface area contributed by atoms with Crippen molar-refractivity contribution in [2.45, 2.75) is 32.4 Å². The number of hydrogen-bond acceptors (Lipinski definition) is 4. The predicted octanol–water partition coefficient (Wildman–Crippen LogP) is -1.42. The van der Waals surface area contributed by atoms with Crippen LogP contribution in [0.15, 0.2) is 0 Å². The molecule has 0 aliphatic carbocycles. The van der Waals surface area contributed by atoms with Gasteiger partial charge in [-0.2, -0.15) is 0 Å². The van der Waals surface area contributed by atoms with Crippen LogP contribution in [0.2, 0.25) is 0 Å². The molecular weight excluding hydrogens is 196 g/mol. The number of carbonyl (C=O) groups excluding carboxylic acids is 2. The van der Waals surface area contributed by atoms with E-state index in [4.69, 9.17) is 5.84 Å². The normalized spacial score (nSPS) is 24.5. The zero-order chi connectivity index (χ0) is 11.4. The van der Waals surface area contributed by atoms with Crippen molar-refractivity contribution >= 4 is 11.8 Å². The highest BCUT2D eigenvalue weighted by Crippen LogP contribution is 2.12. The second kappa shape index (κ2) is 5.09. The van der Waals surface area contributed by atoms with Gasteiger partial charge in [-0.25, -0.2) is 5.84 Å². The van der Waals surface area contributed by atoms with Crippen LogP contribution in [0.3, 0.4) is 0 Å². The van der Waals surface area contributed by atoms with E-state index in [1.807, 2.05) is 11.8 Å². The molecule has 0 radical (unpaired) electrons. The molecule has 86 valence electrons. The van der Waals surface area contributed by atoms with Crippen LogP contribution in [0.1, 0.15) is 20.3 Å². The fourth-order valence-corrected chi connectivity index (χ4v) is 1.89. The molecule has 2 atom stereocenters. The average Bonchev–Trinajstić information content (AvgIpc) is 2.26. The molecule has 1 heterocycles. The summed E-state index contributed by atoms with van der Waals surface area (Å²) in [6, 6.07) is -0.600. The van der Waals surface area contributed by atoms with Crippen molar-refractivity contribution in [1.82, 2.24) is 15.6 Å². The Kier molecular flexibility index (Phi) is 4.05. The summed E-state index contributed by atoms with van der Waals surface area (Å²) in [5.74, 6) is 4.80. The Labute approximate surface area is 89.1 Å². The molecule has 6 heteroatoms. The predicted molar refractivity (Wildman–Crippen MR) is 55.6 cm³/mol. The van der Waals surface area contributed by atoms with E-state index >= 15 is 0 Å². The van der Waals surface area contributed by atoms with Crippen molar-refractivity contribution < 1.29 is 9.59 Å². The molecule has 1 saturated heterocycles. The van der Waals surface area contributed by atoms with Crippen LogP contribution < -0.4 is 16.6 Å². The van der Waals surface area contributed by atoms with Gasteiger partial charge in [0.2, 0.25) is 5.91 Å². The first-order valence-electron chi connectivity index (χ1n) is 5.15. The number of rotatable bonds is 3. The third-order valence-corrected chi connectivity index (χ3v) is 2.78. The summed E-state index contributed by atoms with van der Waals surface area (Å²) in [7, 11) is 0. The Morgan fingerprint density at radius 3 is 3.00 bits per heavy atom. The summed E-state index contributed by atoms with van der Waals surface area (Å²) < 4.78 is 0. The number of nitrogens with zero attached hydrogens (tertiary/aromatic N) is 1. The minimum absolute atomic E-state index is 0.0135. The molecule has 2 unspecified atom stereocenters. The molecule has 1 rings (SSSR count). The standard InChI is InChI=1S/C9H18N4O2/c1-3-7-9(15)11-4-5-13(7)6(2)8(14)12-10/h6-7H,3-5,10H2,1-2H3,(H,11,15)(H,12,14). The fourth-order valence-electron chi connectivity index (χ4n) is 1.89. The monoisotopic (exact) mass is 214 g/mol. The number of hydrogen-bond donors (Lipinski definition) is 3. The Morgan fingerprint density at radius 2 is 2.47 bits per heavy atom. The average molecular weight is 214 g/mol. The molecule has 0 aromatic heterocycles. The van der Waals surface area contributed by atoms with Gasteiger partial charge in [0.15, 0.2) is 0 Å². The molecule has 4 N–H and O–H groups in total. The van der Waals surface area contributed by atoms with Gasteiger partial charge >= 0.3 is 0 Å². The molecular formula is C9H18N4O2. The Bertz CT molecular complexity index is 256. The summed E-state index contributed by atoms with van der Waals surface area (Å²) in [5.41, 5.74) is 2.11. The van der Waals surface area contributed by atoms with Gasteiger partial charge in [-0.15, -0.1) is 0 Å². The summed E-state index contributed by atoms with van der Waals surface area (Å²) >= 11 is 0. The number of nitrogens with two attached hydrogens (primary N) is 1. The zero-order valence-corrected chi connectivity index (χ0v) is 9.12. The van der Waals surface area contributed by atoms with E-state index in [1.54, 1.807) is 6.92 Å². The Hall–Kier alpha value is -1.14. The summed E-state index contributed by atoms with van der Waals surface area (Å²) in [6.07, 6.45) is 0.689. The highest BCUT2D eigenvalue weighted by atomic mass is 16.2. The maximum absolute atomic E-state index is 11.5. The first-order chi connectivity index (χ1) is 7.11. The smallest absolute Gasteiger partial charge is 0.250 e. The van der Waals surface area contributed by atoms with Gasteiger partial charge < -0.3 is 5.32 Å². The first kappa shape index (κ1) is 11.9. The molecule has 0 bridgehead atoms. The van der Waals surface area contributed by atoms with Crippen LogP contribution in [-0.4, -0.2) is 41.9 Å². The lowest BCUT2D eigenvalue weighted by Gasteiger charge is -2.37. The minimum Gasteiger partial charge on any atom is -0.353 e. The summed E-state index contributed by atoms with van der Waals surface area (Å²) in [6.45, 7) is 4.94. The molecule has 1 aliphatic rings. The van der Waals surface area contributed by atoms with Gasteiger partial charge in [-0.1, -0.05) is 6.92 Å². The second-order valence-corrected chi connectivity index (χ2v) is 3.64. The lowest BCUT2D eigenvalue weighted by Crippen LogP contribution is -2.61. The highest BCUT2D eigenvalue weighted by molar-refractivity contribution is 5.85. The van der Waals surface area contributed by atoms with Gasteiger partial charge in [-0.3, -0.25) is 19.9 Å². The van der Waals surface area contributed by atoms with Gasteiger partial charge in [0.25, 0.3) is 5.91 Å². The maximum atomic E-state index is 11.5. The van der Waals surface area contributed by atoms with E-state index in [2.05, 4.69) is 10.7 Å². The molecule has 2 amide bonds. The first-order valence-corrected chi connectivity index (χ1v) is 5.15. The minimum atomic E-state index is -0.369. The molecule has 0 saturated carbocycles. The van der Waals surface area contributed by atoms with Gasteiger partial charge in [0, 0.05) is 13.1 Å². The molecule has 0 aromatic rings. The molecule has 0 spiro atoms. The molecule has 15 heavy (non-hydrogen) atoms. The molecule has 1 aliphatic heterocycles. The van der Waals surface area contributed by atoms with Crippen molar-refractivity contribution in [3.8, 4) is 0 Å². The highest BCUT2D eigenvalue weighted by Gasteiger charge is 2.33. The largest absolute Gasteiger partial charge is 0.353 e. The van der Waals surface area contributed by atoms with Crippen LogP contribution in [0.4, 0.5) is 0 Å². The van der Waals surface area contributed by atoms with Crippen LogP contribution in [-0.2, 0) is 9.59 Å². The molecule has 1 fully saturated rings. The number of amides is 2. The zero-order valence-electron chi connectivity index (χ0n) is 9.12. The van der Waals surface area contributed by atoms with Gasteiger partial charge in [0.1, 0.15) is 0 Å². The second-order valence-electron chi connectivity index (χ2n) is 3.64. The number of hydrazine groups is 1. The van der Waals surface area contributed by atoms with Crippen molar-refractivity contribution in [3.05, 3.63) is 0 Å². The number of carbonyl (C=O) groups is 2. The van der Waals surface area contributed by atoms with E-state index < -0.39 is 0 Å². The number of nitrogens with one attached hydrogen (secondary N) is 2. The van der Waals surface area contributed by atoms with Crippen LogP contribution in [0.25, 0.3) is 0 Å². The van der Waals surface area contributed by atoms with Crippen LogP contribution in [0, 0.1) is 0 Å². The maximum Gasteiger partial charge on any atom is 0.250 e. The summed E-state index contributed by atoms with van der Waals surface area (Å²) in [5, 5.41) is 2.78. The summed E-state index contributed by atoms with van der Waals surface area (Å²) in [4.78, 5) is 24.8. The van der Waals surface area contributed by atoms with Gasteiger partial charge in [0.05, 0.1) is 12.1 Å². The Morgan fingerprint density at radius 1 is 1.80 bits per heavy atom. The van der Waals surface area contributed by atoms with E-state index in [9.17, 15) is 9.59 Å². The molecule has 6 nitrogen and oxygen atoms in total. The third kappa shape index (κ3) is 2.45. The lowest BCUT2D eigenvalue weighted by molar-refractivity contribution is -0.135. The van der Waals surface area contributed by atoms with E-state index in [-0.39, 0.29) is 23.9 Å². The Balaban J connectivity index is 2.73. The van der Waals surface area contributed by atoms with Crippen molar-refractivity contribution in [3.63, 3.8) is 0 Å². The molecule has 0 aromatic carbocycles. The van der Waals surface area contributed by atoms with Crippen molar-refractivity contribution in [2.24, 2.45) is 5.84 Å². The fraction of sp³-hybridized carbons (Fsp3) is 0.778. The third-order valence-electron chi connectivity index (χ3n) is 2.78. The van der Waals surface area contributed by atoms with Gasteiger partial charge in [-0.05, 0) is 13.3 Å².